The van der Waals surface area contributed by atoms with Gasteiger partial charge in [0, 0.05) is 23.3 Å². The number of rotatable bonds is 5. The van der Waals surface area contributed by atoms with Gasteiger partial charge in [-0.1, -0.05) is 15.9 Å². The number of ether oxygens (including phenoxy) is 3. The van der Waals surface area contributed by atoms with Crippen molar-refractivity contribution in [1.29, 1.82) is 0 Å². The van der Waals surface area contributed by atoms with Crippen molar-refractivity contribution < 1.29 is 19.0 Å². The van der Waals surface area contributed by atoms with Gasteiger partial charge in [-0.2, -0.15) is 0 Å². The van der Waals surface area contributed by atoms with Crippen LogP contribution in [0.15, 0.2) is 34.8 Å². The fourth-order valence-electron chi connectivity index (χ4n) is 3.26. The van der Waals surface area contributed by atoms with Gasteiger partial charge in [0.1, 0.15) is 5.75 Å². The highest BCUT2D eigenvalue weighted by Gasteiger charge is 2.36. The van der Waals surface area contributed by atoms with Gasteiger partial charge >= 0.3 is 0 Å². The Morgan fingerprint density at radius 3 is 2.28 bits per heavy atom. The zero-order valence-corrected chi connectivity index (χ0v) is 16.2. The van der Waals surface area contributed by atoms with Gasteiger partial charge in [0.25, 0.3) is 0 Å². The SMILES string of the molecule is COc1cc(OC)c(OC)cc1C[C@@H]1C(=O)N(C)c2ccc(Br)cc21. The summed E-state index contributed by atoms with van der Waals surface area (Å²) in [5.41, 5.74) is 2.86. The van der Waals surface area contributed by atoms with Gasteiger partial charge in [-0.15, -0.1) is 0 Å². The summed E-state index contributed by atoms with van der Waals surface area (Å²) >= 11 is 3.50. The number of benzene rings is 2. The summed E-state index contributed by atoms with van der Waals surface area (Å²) < 4.78 is 17.2. The van der Waals surface area contributed by atoms with Crippen LogP contribution in [0.5, 0.6) is 17.2 Å². The Bertz CT molecular complexity index is 821. The first-order valence-corrected chi connectivity index (χ1v) is 8.65. The lowest BCUT2D eigenvalue weighted by Crippen LogP contribution is -2.25. The molecule has 1 aliphatic rings. The maximum absolute atomic E-state index is 12.8. The molecule has 0 aliphatic carbocycles. The molecular weight excluding hydrogens is 386 g/mol. The van der Waals surface area contributed by atoms with Gasteiger partial charge < -0.3 is 19.1 Å². The summed E-state index contributed by atoms with van der Waals surface area (Å²) in [5, 5.41) is 0. The number of amides is 1. The number of methoxy groups -OCH3 is 3. The Labute approximate surface area is 155 Å². The third-order valence-corrected chi connectivity index (χ3v) is 5.06. The molecule has 6 heteroatoms. The van der Waals surface area contributed by atoms with Crippen molar-refractivity contribution in [2.24, 2.45) is 0 Å². The molecule has 0 spiro atoms. The number of carbonyl (C=O) groups is 1. The van der Waals surface area contributed by atoms with Gasteiger partial charge in [-0.25, -0.2) is 0 Å². The van der Waals surface area contributed by atoms with Crippen molar-refractivity contribution in [2.75, 3.05) is 33.3 Å². The summed E-state index contributed by atoms with van der Waals surface area (Å²) in [5.74, 6) is 1.71. The lowest BCUT2D eigenvalue weighted by atomic mass is 9.92. The predicted octanol–water partition coefficient (Wildman–Crippen LogP) is 3.78. The minimum atomic E-state index is -0.260. The number of carbonyl (C=O) groups excluding carboxylic acids is 1. The Hall–Kier alpha value is -2.21. The van der Waals surface area contributed by atoms with E-state index in [0.717, 1.165) is 21.3 Å². The minimum absolute atomic E-state index is 0.0740. The molecule has 0 saturated heterocycles. The molecule has 5 nitrogen and oxygen atoms in total. The maximum Gasteiger partial charge on any atom is 0.234 e. The van der Waals surface area contributed by atoms with Crippen LogP contribution in [0, 0.1) is 0 Å². The molecule has 1 aliphatic heterocycles. The average molecular weight is 406 g/mol. The maximum atomic E-state index is 12.8. The van der Waals surface area contributed by atoms with Crippen molar-refractivity contribution in [2.45, 2.75) is 12.3 Å². The highest BCUT2D eigenvalue weighted by molar-refractivity contribution is 9.10. The van der Waals surface area contributed by atoms with Gasteiger partial charge in [-0.05, 0) is 41.8 Å². The lowest BCUT2D eigenvalue weighted by Gasteiger charge is -2.16. The number of fused-ring (bicyclic) bond motifs is 1. The fourth-order valence-corrected chi connectivity index (χ4v) is 3.64. The van der Waals surface area contributed by atoms with E-state index in [1.165, 1.54) is 0 Å². The van der Waals surface area contributed by atoms with E-state index < -0.39 is 0 Å². The van der Waals surface area contributed by atoms with Crippen LogP contribution < -0.4 is 19.1 Å². The van der Waals surface area contributed by atoms with E-state index in [-0.39, 0.29) is 11.8 Å². The standard InChI is InChI=1S/C19H20BrNO4/c1-21-15-6-5-12(20)9-13(15)14(19(21)22)7-11-8-17(24-3)18(25-4)10-16(11)23-2/h5-6,8-10,14H,7H2,1-4H3/t14-/m0/s1. The second-order valence-electron chi connectivity index (χ2n) is 5.88. The summed E-state index contributed by atoms with van der Waals surface area (Å²) in [6.07, 6.45) is 0.524. The summed E-state index contributed by atoms with van der Waals surface area (Å²) in [6.45, 7) is 0. The molecule has 2 aromatic rings. The third kappa shape index (κ3) is 3.06. The van der Waals surface area contributed by atoms with Gasteiger partial charge in [0.15, 0.2) is 11.5 Å². The van der Waals surface area contributed by atoms with Crippen molar-refractivity contribution in [3.63, 3.8) is 0 Å². The Morgan fingerprint density at radius 1 is 1.00 bits per heavy atom. The largest absolute Gasteiger partial charge is 0.496 e. The summed E-state index contributed by atoms with van der Waals surface area (Å²) in [4.78, 5) is 14.5. The predicted molar refractivity (Wildman–Crippen MR) is 100 cm³/mol. The Balaban J connectivity index is 2.03. The lowest BCUT2D eigenvalue weighted by molar-refractivity contribution is -0.119. The Kier molecular flexibility index (Phi) is 4.90. The monoisotopic (exact) mass is 405 g/mol. The summed E-state index contributed by atoms with van der Waals surface area (Å²) in [6, 6.07) is 9.58. The molecular formula is C19H20BrNO4. The second-order valence-corrected chi connectivity index (χ2v) is 6.79. The van der Waals surface area contributed by atoms with Gasteiger partial charge in [-0.3, -0.25) is 4.79 Å². The van der Waals surface area contributed by atoms with Gasteiger partial charge in [0.2, 0.25) is 5.91 Å². The molecule has 1 heterocycles. The molecule has 0 bridgehead atoms. The molecule has 1 atom stereocenters. The number of nitrogens with zero attached hydrogens (tertiary/aromatic N) is 1. The van der Waals surface area contributed by atoms with E-state index in [1.54, 1.807) is 39.3 Å². The average Bonchev–Trinajstić information content (AvgIpc) is 2.85. The zero-order valence-electron chi connectivity index (χ0n) is 14.6. The number of hydrogen-bond acceptors (Lipinski definition) is 4. The number of likely N-dealkylation sites (N-methyl/N-ethyl adjacent to an activating group) is 1. The van der Waals surface area contributed by atoms with Crippen LogP contribution in [0.2, 0.25) is 0 Å². The smallest absolute Gasteiger partial charge is 0.234 e. The highest BCUT2D eigenvalue weighted by atomic mass is 79.9. The molecule has 2 aromatic carbocycles. The van der Waals surface area contributed by atoms with Crippen LogP contribution in [-0.4, -0.2) is 34.3 Å². The molecule has 0 aromatic heterocycles. The van der Waals surface area contributed by atoms with Crippen LogP contribution in [0.3, 0.4) is 0 Å². The molecule has 0 radical (unpaired) electrons. The van der Waals surface area contributed by atoms with Crippen LogP contribution in [0.1, 0.15) is 17.0 Å². The van der Waals surface area contributed by atoms with E-state index in [0.29, 0.717) is 23.7 Å². The zero-order chi connectivity index (χ0) is 18.1. The first kappa shape index (κ1) is 17.6. The van der Waals surface area contributed by atoms with E-state index in [9.17, 15) is 4.79 Å². The molecule has 1 amide bonds. The second kappa shape index (κ2) is 6.96. The molecule has 25 heavy (non-hydrogen) atoms. The summed E-state index contributed by atoms with van der Waals surface area (Å²) in [7, 11) is 6.59. The van der Waals surface area contributed by atoms with Crippen molar-refractivity contribution in [3.8, 4) is 17.2 Å². The van der Waals surface area contributed by atoms with Crippen LogP contribution in [0.25, 0.3) is 0 Å². The van der Waals surface area contributed by atoms with Gasteiger partial charge in [0.05, 0.1) is 27.2 Å². The molecule has 132 valence electrons. The molecule has 0 saturated carbocycles. The van der Waals surface area contributed by atoms with E-state index in [1.807, 2.05) is 24.3 Å². The first-order chi connectivity index (χ1) is 12.0. The third-order valence-electron chi connectivity index (χ3n) is 4.57. The molecule has 0 N–H and O–H groups in total. The van der Waals surface area contributed by atoms with E-state index >= 15 is 0 Å². The normalized spacial score (nSPS) is 16.0. The quantitative estimate of drug-likeness (QED) is 0.759. The van der Waals surface area contributed by atoms with E-state index in [4.69, 9.17) is 14.2 Å². The van der Waals surface area contributed by atoms with Crippen molar-refractivity contribution in [3.05, 3.63) is 45.9 Å². The van der Waals surface area contributed by atoms with Crippen molar-refractivity contribution >= 4 is 27.5 Å². The van der Waals surface area contributed by atoms with Crippen molar-refractivity contribution in [1.82, 2.24) is 0 Å². The Morgan fingerprint density at radius 2 is 1.64 bits per heavy atom. The fraction of sp³-hybridized carbons (Fsp3) is 0.316. The highest BCUT2D eigenvalue weighted by Crippen LogP contribution is 2.42. The van der Waals surface area contributed by atoms with Crippen LogP contribution in [0.4, 0.5) is 5.69 Å². The molecule has 0 fully saturated rings. The number of anilines is 1. The minimum Gasteiger partial charge on any atom is -0.496 e. The van der Waals surface area contributed by atoms with E-state index in [2.05, 4.69) is 15.9 Å². The van der Waals surface area contributed by atoms with Crippen LogP contribution >= 0.6 is 15.9 Å². The molecule has 0 unspecified atom stereocenters. The topological polar surface area (TPSA) is 48.0 Å². The number of halogens is 1. The first-order valence-electron chi connectivity index (χ1n) is 7.86. The van der Waals surface area contributed by atoms with Crippen LogP contribution in [-0.2, 0) is 11.2 Å². The number of hydrogen-bond donors (Lipinski definition) is 0. The molecule has 3 rings (SSSR count).